The van der Waals surface area contributed by atoms with Crippen molar-refractivity contribution in [1.29, 1.82) is 0 Å². The quantitative estimate of drug-likeness (QED) is 0.722. The zero-order valence-corrected chi connectivity index (χ0v) is 18.2. The molecule has 6 nitrogen and oxygen atoms in total. The summed E-state index contributed by atoms with van der Waals surface area (Å²) in [5, 5.41) is 5.87. The average molecular weight is 400 g/mol. The van der Waals surface area contributed by atoms with Crippen molar-refractivity contribution < 1.29 is 14.4 Å². The minimum absolute atomic E-state index is 0.244. The molecule has 0 radical (unpaired) electrons. The summed E-state index contributed by atoms with van der Waals surface area (Å²) in [4.78, 5) is 39.4. The third kappa shape index (κ3) is 4.16. The zero-order valence-electron chi connectivity index (χ0n) is 18.2. The number of carbonyl (C=O) groups excluding carboxylic acids is 3. The van der Waals surface area contributed by atoms with Gasteiger partial charge in [0, 0.05) is 5.69 Å². The predicted octanol–water partition coefficient (Wildman–Crippen LogP) is 4.37. The Morgan fingerprint density at radius 3 is 2.21 bits per heavy atom. The van der Waals surface area contributed by atoms with Gasteiger partial charge in [0.05, 0.1) is 0 Å². The summed E-state index contributed by atoms with van der Waals surface area (Å²) in [6.07, 6.45) is 3.10. The Hall–Kier alpha value is -2.37. The Bertz CT molecular complexity index is 781. The van der Waals surface area contributed by atoms with Crippen LogP contribution in [0.3, 0.4) is 0 Å². The lowest BCUT2D eigenvalue weighted by molar-refractivity contribution is -0.135. The molecule has 0 unspecified atom stereocenters. The van der Waals surface area contributed by atoms with Gasteiger partial charge in [-0.3, -0.25) is 14.5 Å². The lowest BCUT2D eigenvalue weighted by atomic mass is 9.77. The van der Waals surface area contributed by atoms with Gasteiger partial charge < -0.3 is 10.6 Å². The SMILES string of the molecule is CC1CCC2(CC1)NC(=O)N(CC(=O)Nc1c(C(C)C)cccc1C(C)C)C2=O. The van der Waals surface area contributed by atoms with E-state index in [1.54, 1.807) is 0 Å². The van der Waals surface area contributed by atoms with E-state index in [2.05, 4.69) is 45.3 Å². The Kier molecular flexibility index (Phi) is 6.01. The monoisotopic (exact) mass is 399 g/mol. The number of hydrogen-bond donors (Lipinski definition) is 2. The number of urea groups is 1. The van der Waals surface area contributed by atoms with Gasteiger partial charge in [0.25, 0.3) is 5.91 Å². The molecule has 1 saturated heterocycles. The van der Waals surface area contributed by atoms with E-state index >= 15 is 0 Å². The molecule has 1 spiro atoms. The normalized spacial score (nSPS) is 24.5. The minimum atomic E-state index is -0.817. The van der Waals surface area contributed by atoms with Crippen LogP contribution in [0.4, 0.5) is 10.5 Å². The molecule has 1 aromatic carbocycles. The largest absolute Gasteiger partial charge is 0.325 e. The van der Waals surface area contributed by atoms with Crippen LogP contribution < -0.4 is 10.6 Å². The highest BCUT2D eigenvalue weighted by Crippen LogP contribution is 2.36. The standard InChI is InChI=1S/C23H33N3O3/c1-14(2)17-7-6-8-18(15(3)4)20(17)24-19(27)13-26-21(28)23(25-22(26)29)11-9-16(5)10-12-23/h6-8,14-16H,9-13H2,1-5H3,(H,24,27)(H,25,29). The van der Waals surface area contributed by atoms with Crippen LogP contribution in [0, 0.1) is 5.92 Å². The summed E-state index contributed by atoms with van der Waals surface area (Å²) in [6.45, 7) is 10.2. The van der Waals surface area contributed by atoms with Gasteiger partial charge in [-0.2, -0.15) is 0 Å². The van der Waals surface area contributed by atoms with E-state index in [-0.39, 0.29) is 30.2 Å². The third-order valence-electron chi connectivity index (χ3n) is 6.31. The number of imide groups is 1. The van der Waals surface area contributed by atoms with Gasteiger partial charge in [0.15, 0.2) is 0 Å². The summed E-state index contributed by atoms with van der Waals surface area (Å²) in [5.74, 6) is 0.446. The maximum Gasteiger partial charge on any atom is 0.325 e. The number of rotatable bonds is 5. The van der Waals surface area contributed by atoms with Crippen molar-refractivity contribution in [2.24, 2.45) is 5.92 Å². The molecule has 6 heteroatoms. The minimum Gasteiger partial charge on any atom is -0.324 e. The summed E-state index contributed by atoms with van der Waals surface area (Å²) < 4.78 is 0. The van der Waals surface area contributed by atoms with Crippen LogP contribution in [-0.2, 0) is 9.59 Å². The second kappa shape index (κ2) is 8.17. The Morgan fingerprint density at radius 1 is 1.14 bits per heavy atom. The molecule has 2 fully saturated rings. The number of benzene rings is 1. The number of anilines is 1. The van der Waals surface area contributed by atoms with Crippen molar-refractivity contribution in [3.63, 3.8) is 0 Å². The van der Waals surface area contributed by atoms with Crippen molar-refractivity contribution in [3.05, 3.63) is 29.3 Å². The number of nitrogens with one attached hydrogen (secondary N) is 2. The van der Waals surface area contributed by atoms with Crippen LogP contribution in [0.5, 0.6) is 0 Å². The van der Waals surface area contributed by atoms with Crippen LogP contribution in [0.15, 0.2) is 18.2 Å². The lowest BCUT2D eigenvalue weighted by Crippen LogP contribution is -2.49. The van der Waals surface area contributed by atoms with Crippen LogP contribution in [0.2, 0.25) is 0 Å². The van der Waals surface area contributed by atoms with Crippen molar-refractivity contribution >= 4 is 23.5 Å². The Morgan fingerprint density at radius 2 is 1.69 bits per heavy atom. The second-order valence-corrected chi connectivity index (χ2v) is 9.26. The number of carbonyl (C=O) groups is 3. The first-order valence-electron chi connectivity index (χ1n) is 10.7. The van der Waals surface area contributed by atoms with Crippen molar-refractivity contribution in [3.8, 4) is 0 Å². The molecule has 1 aromatic rings. The first kappa shape index (κ1) is 21.3. The molecule has 4 amide bonds. The van der Waals surface area contributed by atoms with Crippen LogP contribution in [0.1, 0.15) is 83.3 Å². The molecule has 1 aliphatic heterocycles. The molecule has 1 aliphatic carbocycles. The van der Waals surface area contributed by atoms with E-state index in [1.165, 1.54) is 0 Å². The number of para-hydroxylation sites is 1. The molecule has 0 bridgehead atoms. The van der Waals surface area contributed by atoms with Crippen molar-refractivity contribution in [2.45, 2.75) is 77.7 Å². The first-order chi connectivity index (χ1) is 13.6. The molecular weight excluding hydrogens is 366 g/mol. The second-order valence-electron chi connectivity index (χ2n) is 9.26. The average Bonchev–Trinajstić information content (AvgIpc) is 2.88. The molecule has 158 valence electrons. The Balaban J connectivity index is 1.77. The molecule has 2 aliphatic rings. The number of nitrogens with zero attached hydrogens (tertiary/aromatic N) is 1. The van der Waals surface area contributed by atoms with Gasteiger partial charge in [0.1, 0.15) is 12.1 Å². The molecule has 1 heterocycles. The van der Waals surface area contributed by atoms with E-state index in [9.17, 15) is 14.4 Å². The molecule has 0 atom stereocenters. The van der Waals surface area contributed by atoms with Crippen LogP contribution in [-0.4, -0.2) is 34.8 Å². The van der Waals surface area contributed by atoms with Crippen LogP contribution in [0.25, 0.3) is 0 Å². The highest BCUT2D eigenvalue weighted by molar-refractivity contribution is 6.10. The van der Waals surface area contributed by atoms with Gasteiger partial charge in [-0.25, -0.2) is 4.79 Å². The maximum absolute atomic E-state index is 13.0. The fourth-order valence-corrected chi connectivity index (χ4v) is 4.43. The summed E-state index contributed by atoms with van der Waals surface area (Å²) in [6, 6.07) is 5.57. The third-order valence-corrected chi connectivity index (χ3v) is 6.31. The summed E-state index contributed by atoms with van der Waals surface area (Å²) in [7, 11) is 0. The van der Waals surface area contributed by atoms with E-state index in [0.29, 0.717) is 18.8 Å². The molecule has 3 rings (SSSR count). The molecule has 29 heavy (non-hydrogen) atoms. The van der Waals surface area contributed by atoms with E-state index in [1.807, 2.05) is 18.2 Å². The molecule has 0 aromatic heterocycles. The Labute approximate surface area is 173 Å². The number of hydrogen-bond acceptors (Lipinski definition) is 3. The molecule has 1 saturated carbocycles. The van der Waals surface area contributed by atoms with Gasteiger partial charge in [-0.1, -0.05) is 52.8 Å². The fourth-order valence-electron chi connectivity index (χ4n) is 4.43. The zero-order chi connectivity index (χ0) is 21.3. The topological polar surface area (TPSA) is 78.5 Å². The van der Waals surface area contributed by atoms with E-state index < -0.39 is 11.6 Å². The van der Waals surface area contributed by atoms with Crippen molar-refractivity contribution in [2.75, 3.05) is 11.9 Å². The molecule has 2 N–H and O–H groups in total. The maximum atomic E-state index is 13.0. The summed E-state index contributed by atoms with van der Waals surface area (Å²) >= 11 is 0. The smallest absolute Gasteiger partial charge is 0.324 e. The van der Waals surface area contributed by atoms with Gasteiger partial charge in [-0.05, 0) is 54.6 Å². The van der Waals surface area contributed by atoms with Gasteiger partial charge in [-0.15, -0.1) is 0 Å². The lowest BCUT2D eigenvalue weighted by Gasteiger charge is -2.33. The van der Waals surface area contributed by atoms with Crippen LogP contribution >= 0.6 is 0 Å². The van der Waals surface area contributed by atoms with Gasteiger partial charge >= 0.3 is 6.03 Å². The highest BCUT2D eigenvalue weighted by Gasteiger charge is 2.52. The van der Waals surface area contributed by atoms with Crippen molar-refractivity contribution in [1.82, 2.24) is 10.2 Å². The highest BCUT2D eigenvalue weighted by atomic mass is 16.2. The fraction of sp³-hybridized carbons (Fsp3) is 0.609. The van der Waals surface area contributed by atoms with Gasteiger partial charge in [0.2, 0.25) is 5.91 Å². The summed E-state index contributed by atoms with van der Waals surface area (Å²) in [5.41, 5.74) is 2.10. The van der Waals surface area contributed by atoms with E-state index in [0.717, 1.165) is 34.6 Å². The van der Waals surface area contributed by atoms with E-state index in [4.69, 9.17) is 0 Å². The predicted molar refractivity (Wildman–Crippen MR) is 114 cm³/mol. The number of amides is 4. The molecular formula is C23H33N3O3. The first-order valence-corrected chi connectivity index (χ1v) is 10.7.